The number of primary amides is 1. The van der Waals surface area contributed by atoms with E-state index in [1.807, 2.05) is 53.4 Å². The Morgan fingerprint density at radius 3 is 2.46 bits per heavy atom. The van der Waals surface area contributed by atoms with Crippen molar-refractivity contribution in [3.05, 3.63) is 71.3 Å². The zero-order valence-electron chi connectivity index (χ0n) is 16.4. The van der Waals surface area contributed by atoms with Gasteiger partial charge in [0.05, 0.1) is 5.92 Å². The van der Waals surface area contributed by atoms with Gasteiger partial charge in [-0.25, -0.2) is 0 Å². The molecular weight excluding hydrogens is 350 g/mol. The van der Waals surface area contributed by atoms with Gasteiger partial charge < -0.3 is 16.0 Å². The molecule has 3 rings (SSSR count). The first kappa shape index (κ1) is 20.1. The molecule has 0 bridgehead atoms. The van der Waals surface area contributed by atoms with Gasteiger partial charge in [-0.2, -0.15) is 0 Å². The van der Waals surface area contributed by atoms with Crippen LogP contribution in [0.15, 0.2) is 54.6 Å². The molecule has 0 spiro atoms. The fourth-order valence-corrected chi connectivity index (χ4v) is 3.86. The van der Waals surface area contributed by atoms with Crippen LogP contribution in [-0.4, -0.2) is 35.8 Å². The van der Waals surface area contributed by atoms with E-state index in [0.717, 1.165) is 43.5 Å². The number of benzene rings is 2. The van der Waals surface area contributed by atoms with Crippen molar-refractivity contribution >= 4 is 11.8 Å². The van der Waals surface area contributed by atoms with Crippen molar-refractivity contribution in [2.24, 2.45) is 5.73 Å². The average molecular weight is 380 g/mol. The SMILES string of the molecule is CCC(C(=O)N1CCC(NCc2cccc(C(N)=O)c2)CC1)c1ccccc1. The van der Waals surface area contributed by atoms with Crippen LogP contribution in [0, 0.1) is 0 Å². The van der Waals surface area contributed by atoms with E-state index in [1.54, 1.807) is 6.07 Å². The first-order valence-electron chi connectivity index (χ1n) is 10.0. The first-order valence-corrected chi connectivity index (χ1v) is 10.0. The summed E-state index contributed by atoms with van der Waals surface area (Å²) in [6, 6.07) is 17.8. The Labute approximate surface area is 166 Å². The van der Waals surface area contributed by atoms with Crippen molar-refractivity contribution in [1.82, 2.24) is 10.2 Å². The Balaban J connectivity index is 1.51. The van der Waals surface area contributed by atoms with Crippen LogP contribution in [0.1, 0.15) is 53.6 Å². The summed E-state index contributed by atoms with van der Waals surface area (Å²) < 4.78 is 0. The highest BCUT2D eigenvalue weighted by atomic mass is 16.2. The van der Waals surface area contributed by atoms with Gasteiger partial charge in [-0.3, -0.25) is 9.59 Å². The molecule has 1 atom stereocenters. The lowest BCUT2D eigenvalue weighted by molar-refractivity contribution is -0.134. The number of hydrogen-bond acceptors (Lipinski definition) is 3. The van der Waals surface area contributed by atoms with Crippen LogP contribution in [0.4, 0.5) is 0 Å². The molecule has 28 heavy (non-hydrogen) atoms. The van der Waals surface area contributed by atoms with Crippen molar-refractivity contribution in [3.63, 3.8) is 0 Å². The molecular formula is C23H29N3O2. The third-order valence-corrected chi connectivity index (χ3v) is 5.52. The molecule has 0 radical (unpaired) electrons. The molecule has 0 aromatic heterocycles. The Kier molecular flexibility index (Phi) is 6.82. The molecule has 3 N–H and O–H groups in total. The number of rotatable bonds is 7. The van der Waals surface area contributed by atoms with Crippen LogP contribution in [0.25, 0.3) is 0 Å². The van der Waals surface area contributed by atoms with Gasteiger partial charge in [0.1, 0.15) is 0 Å². The molecule has 1 heterocycles. The molecule has 2 aromatic carbocycles. The minimum absolute atomic E-state index is 0.0535. The van der Waals surface area contributed by atoms with E-state index in [1.165, 1.54) is 0 Å². The Morgan fingerprint density at radius 1 is 1.11 bits per heavy atom. The summed E-state index contributed by atoms with van der Waals surface area (Å²) in [5.41, 5.74) is 8.03. The van der Waals surface area contributed by atoms with Crippen molar-refractivity contribution in [2.45, 2.75) is 44.7 Å². The van der Waals surface area contributed by atoms with Crippen LogP contribution in [0.2, 0.25) is 0 Å². The van der Waals surface area contributed by atoms with Gasteiger partial charge in [0, 0.05) is 31.2 Å². The number of hydrogen-bond donors (Lipinski definition) is 2. The number of nitrogens with one attached hydrogen (secondary N) is 1. The second-order valence-corrected chi connectivity index (χ2v) is 7.42. The van der Waals surface area contributed by atoms with E-state index in [4.69, 9.17) is 5.73 Å². The second kappa shape index (κ2) is 9.51. The minimum atomic E-state index is -0.405. The van der Waals surface area contributed by atoms with Crippen molar-refractivity contribution < 1.29 is 9.59 Å². The summed E-state index contributed by atoms with van der Waals surface area (Å²) in [5.74, 6) is -0.221. The number of carbonyl (C=O) groups is 2. The summed E-state index contributed by atoms with van der Waals surface area (Å²) in [7, 11) is 0. The highest BCUT2D eigenvalue weighted by molar-refractivity contribution is 5.92. The maximum atomic E-state index is 13.0. The lowest BCUT2D eigenvalue weighted by Gasteiger charge is -2.34. The number of likely N-dealkylation sites (tertiary alicyclic amines) is 1. The number of nitrogens with zero attached hydrogens (tertiary/aromatic N) is 1. The van der Waals surface area contributed by atoms with Crippen LogP contribution in [-0.2, 0) is 11.3 Å². The molecule has 148 valence electrons. The summed E-state index contributed by atoms with van der Waals surface area (Å²) in [6.07, 6.45) is 2.69. The van der Waals surface area contributed by atoms with Gasteiger partial charge in [0.2, 0.25) is 11.8 Å². The predicted molar refractivity (Wildman–Crippen MR) is 111 cm³/mol. The molecule has 2 amide bonds. The lowest BCUT2D eigenvalue weighted by Crippen LogP contribution is -2.46. The molecule has 1 unspecified atom stereocenters. The summed E-state index contributed by atoms with van der Waals surface area (Å²) >= 11 is 0. The first-order chi connectivity index (χ1) is 13.6. The molecule has 5 heteroatoms. The predicted octanol–water partition coefficient (Wildman–Crippen LogP) is 3.06. The third kappa shape index (κ3) is 4.98. The Bertz CT molecular complexity index is 799. The quantitative estimate of drug-likeness (QED) is 0.776. The fourth-order valence-electron chi connectivity index (χ4n) is 3.86. The molecule has 1 fully saturated rings. The standard InChI is InChI=1S/C23H29N3O2/c1-2-21(18-8-4-3-5-9-18)23(28)26-13-11-20(12-14-26)25-16-17-7-6-10-19(15-17)22(24)27/h3-10,15,20-21,25H,2,11-14,16H2,1H3,(H2,24,27). The largest absolute Gasteiger partial charge is 0.366 e. The van der Waals surface area contributed by atoms with Crippen LogP contribution in [0.5, 0.6) is 0 Å². The molecule has 1 aliphatic rings. The van der Waals surface area contributed by atoms with E-state index in [9.17, 15) is 9.59 Å². The van der Waals surface area contributed by atoms with Gasteiger partial charge in [0.25, 0.3) is 0 Å². The number of nitrogens with two attached hydrogens (primary N) is 1. The Morgan fingerprint density at radius 2 is 1.82 bits per heavy atom. The molecule has 1 saturated heterocycles. The summed E-state index contributed by atoms with van der Waals surface area (Å²) in [4.78, 5) is 26.3. The van der Waals surface area contributed by atoms with Crippen LogP contribution < -0.4 is 11.1 Å². The van der Waals surface area contributed by atoms with E-state index in [-0.39, 0.29) is 11.8 Å². The van der Waals surface area contributed by atoms with Crippen LogP contribution >= 0.6 is 0 Å². The lowest BCUT2D eigenvalue weighted by atomic mass is 9.93. The molecule has 0 aliphatic carbocycles. The fraction of sp³-hybridized carbons (Fsp3) is 0.391. The van der Waals surface area contributed by atoms with Gasteiger partial charge in [-0.15, -0.1) is 0 Å². The smallest absolute Gasteiger partial charge is 0.248 e. The highest BCUT2D eigenvalue weighted by Crippen LogP contribution is 2.24. The molecule has 0 saturated carbocycles. The van der Waals surface area contributed by atoms with Gasteiger partial charge in [-0.1, -0.05) is 49.4 Å². The van der Waals surface area contributed by atoms with Crippen molar-refractivity contribution in [1.29, 1.82) is 0 Å². The van der Waals surface area contributed by atoms with Crippen molar-refractivity contribution in [3.8, 4) is 0 Å². The average Bonchev–Trinajstić information content (AvgIpc) is 2.74. The van der Waals surface area contributed by atoms with Gasteiger partial charge in [0.15, 0.2) is 0 Å². The van der Waals surface area contributed by atoms with E-state index >= 15 is 0 Å². The molecule has 1 aliphatic heterocycles. The van der Waals surface area contributed by atoms with Crippen molar-refractivity contribution in [2.75, 3.05) is 13.1 Å². The monoisotopic (exact) mass is 379 g/mol. The maximum Gasteiger partial charge on any atom is 0.248 e. The summed E-state index contributed by atoms with van der Waals surface area (Å²) in [6.45, 7) is 4.33. The van der Waals surface area contributed by atoms with E-state index in [0.29, 0.717) is 18.2 Å². The summed E-state index contributed by atoms with van der Waals surface area (Å²) in [5, 5.41) is 3.55. The topological polar surface area (TPSA) is 75.4 Å². The van der Waals surface area contributed by atoms with Gasteiger partial charge in [-0.05, 0) is 42.5 Å². The second-order valence-electron chi connectivity index (χ2n) is 7.42. The van der Waals surface area contributed by atoms with E-state index < -0.39 is 5.91 Å². The normalized spacial score (nSPS) is 16.0. The zero-order valence-corrected chi connectivity index (χ0v) is 16.4. The highest BCUT2D eigenvalue weighted by Gasteiger charge is 2.28. The number of piperidine rings is 1. The van der Waals surface area contributed by atoms with Gasteiger partial charge >= 0.3 is 0 Å². The van der Waals surface area contributed by atoms with Crippen LogP contribution in [0.3, 0.4) is 0 Å². The van der Waals surface area contributed by atoms with E-state index in [2.05, 4.69) is 12.2 Å². The Hall–Kier alpha value is -2.66. The maximum absolute atomic E-state index is 13.0. The number of carbonyl (C=O) groups excluding carboxylic acids is 2. The zero-order chi connectivity index (χ0) is 19.9. The number of amides is 2. The minimum Gasteiger partial charge on any atom is -0.366 e. The molecule has 2 aromatic rings. The third-order valence-electron chi connectivity index (χ3n) is 5.52. The molecule has 5 nitrogen and oxygen atoms in total.